The van der Waals surface area contributed by atoms with Crippen LogP contribution in [0.25, 0.3) is 11.0 Å². The summed E-state index contributed by atoms with van der Waals surface area (Å²) in [5, 5.41) is 0.540. The van der Waals surface area contributed by atoms with E-state index in [0.717, 1.165) is 0 Å². The molecule has 6 heteroatoms. The molecule has 2 rings (SSSR count). The van der Waals surface area contributed by atoms with E-state index in [0.29, 0.717) is 18.2 Å². The van der Waals surface area contributed by atoms with E-state index in [1.165, 1.54) is 12.1 Å². The molecule has 0 aliphatic carbocycles. The molecule has 0 spiro atoms. The molecule has 116 valence electrons. The van der Waals surface area contributed by atoms with E-state index >= 15 is 0 Å². The first kappa shape index (κ1) is 15.8. The summed E-state index contributed by atoms with van der Waals surface area (Å²) in [6.45, 7) is 3.69. The molecule has 0 radical (unpaired) electrons. The van der Waals surface area contributed by atoms with Crippen molar-refractivity contribution < 1.29 is 23.5 Å². The van der Waals surface area contributed by atoms with Crippen LogP contribution in [0.15, 0.2) is 33.5 Å². The molecule has 2 aromatic rings. The van der Waals surface area contributed by atoms with Crippen LogP contribution < -0.4 is 10.4 Å². The summed E-state index contributed by atoms with van der Waals surface area (Å²) in [4.78, 5) is 34.9. The first-order valence-electron chi connectivity index (χ1n) is 7.00. The lowest BCUT2D eigenvalue weighted by Crippen LogP contribution is -2.16. The van der Waals surface area contributed by atoms with Gasteiger partial charge in [-0.1, -0.05) is 6.92 Å². The number of esters is 2. The Bertz CT molecular complexity index is 759. The molecule has 1 aromatic carbocycles. The largest absolute Gasteiger partial charge is 0.462 e. The fraction of sp³-hybridized carbons (Fsp3) is 0.312. The maximum Gasteiger partial charge on any atom is 0.351 e. The smallest absolute Gasteiger partial charge is 0.351 e. The van der Waals surface area contributed by atoms with Crippen molar-refractivity contribution in [2.45, 2.75) is 26.7 Å². The normalized spacial score (nSPS) is 10.5. The fourth-order valence-electron chi connectivity index (χ4n) is 1.89. The van der Waals surface area contributed by atoms with Gasteiger partial charge in [-0.3, -0.25) is 4.79 Å². The van der Waals surface area contributed by atoms with Crippen LogP contribution in [-0.2, 0) is 9.53 Å². The molecule has 1 aromatic heterocycles. The summed E-state index contributed by atoms with van der Waals surface area (Å²) >= 11 is 0. The Morgan fingerprint density at radius 1 is 1.18 bits per heavy atom. The lowest BCUT2D eigenvalue weighted by atomic mass is 10.2. The average molecular weight is 304 g/mol. The van der Waals surface area contributed by atoms with E-state index in [9.17, 15) is 14.4 Å². The Labute approximate surface area is 126 Å². The molecule has 0 aliphatic heterocycles. The van der Waals surface area contributed by atoms with Crippen LogP contribution in [-0.4, -0.2) is 18.5 Å². The highest BCUT2D eigenvalue weighted by molar-refractivity contribution is 5.93. The molecule has 6 nitrogen and oxygen atoms in total. The lowest BCUT2D eigenvalue weighted by molar-refractivity contribution is -0.134. The van der Waals surface area contributed by atoms with Crippen LogP contribution in [0.4, 0.5) is 0 Å². The van der Waals surface area contributed by atoms with Crippen LogP contribution in [0.3, 0.4) is 0 Å². The van der Waals surface area contributed by atoms with Gasteiger partial charge in [-0.25, -0.2) is 9.59 Å². The van der Waals surface area contributed by atoms with Gasteiger partial charge in [0, 0.05) is 17.9 Å². The van der Waals surface area contributed by atoms with E-state index < -0.39 is 11.6 Å². The molecule has 0 aliphatic rings. The number of carbonyl (C=O) groups is 2. The quantitative estimate of drug-likeness (QED) is 0.480. The average Bonchev–Trinajstić information content (AvgIpc) is 2.46. The second kappa shape index (κ2) is 6.89. The van der Waals surface area contributed by atoms with Crippen molar-refractivity contribution in [3.8, 4) is 5.75 Å². The van der Waals surface area contributed by atoms with E-state index in [4.69, 9.17) is 13.9 Å². The van der Waals surface area contributed by atoms with Gasteiger partial charge in [0.1, 0.15) is 16.9 Å². The molecule has 0 saturated heterocycles. The third-order valence-corrected chi connectivity index (χ3v) is 2.89. The molecule has 0 bridgehead atoms. The van der Waals surface area contributed by atoms with Crippen molar-refractivity contribution in [2.75, 3.05) is 6.61 Å². The maximum absolute atomic E-state index is 11.8. The summed E-state index contributed by atoms with van der Waals surface area (Å²) in [5.41, 5.74) is -0.715. The molecule has 0 saturated carbocycles. The minimum Gasteiger partial charge on any atom is -0.462 e. The SMILES string of the molecule is CCCC(=O)Oc1ccc2cc(C(=O)OCC)c(=O)oc2c1. The molecule has 0 fully saturated rings. The van der Waals surface area contributed by atoms with Crippen molar-refractivity contribution in [2.24, 2.45) is 0 Å². The number of fused-ring (bicyclic) bond motifs is 1. The van der Waals surface area contributed by atoms with Gasteiger partial charge in [0.2, 0.25) is 0 Å². The van der Waals surface area contributed by atoms with Crippen molar-refractivity contribution in [3.05, 3.63) is 40.2 Å². The van der Waals surface area contributed by atoms with Gasteiger partial charge >= 0.3 is 17.6 Å². The predicted molar refractivity (Wildman–Crippen MR) is 79.0 cm³/mol. The molecular weight excluding hydrogens is 288 g/mol. The number of hydrogen-bond acceptors (Lipinski definition) is 6. The van der Waals surface area contributed by atoms with E-state index in [2.05, 4.69) is 0 Å². The van der Waals surface area contributed by atoms with Crippen molar-refractivity contribution in [1.82, 2.24) is 0 Å². The topological polar surface area (TPSA) is 82.8 Å². The number of ether oxygens (including phenoxy) is 2. The second-order valence-electron chi connectivity index (χ2n) is 4.59. The van der Waals surface area contributed by atoms with Gasteiger partial charge in [-0.2, -0.15) is 0 Å². The van der Waals surface area contributed by atoms with Crippen molar-refractivity contribution >= 4 is 22.9 Å². The standard InChI is InChI=1S/C16H16O6/c1-3-5-14(17)21-11-7-6-10-8-12(15(18)20-4-2)16(19)22-13(10)9-11/h6-9H,3-5H2,1-2H3. The van der Waals surface area contributed by atoms with Gasteiger partial charge < -0.3 is 13.9 Å². The highest BCUT2D eigenvalue weighted by atomic mass is 16.5. The number of benzene rings is 1. The van der Waals surface area contributed by atoms with Gasteiger partial charge in [-0.05, 0) is 31.5 Å². The molecule has 22 heavy (non-hydrogen) atoms. The van der Waals surface area contributed by atoms with E-state index in [1.807, 2.05) is 6.92 Å². The second-order valence-corrected chi connectivity index (χ2v) is 4.59. The Hall–Kier alpha value is -2.63. The minimum atomic E-state index is -0.789. The molecule has 1 heterocycles. The van der Waals surface area contributed by atoms with Gasteiger partial charge in [0.25, 0.3) is 0 Å². The minimum absolute atomic E-state index is 0.162. The predicted octanol–water partition coefficient (Wildman–Crippen LogP) is 2.68. The van der Waals surface area contributed by atoms with E-state index in [-0.39, 0.29) is 29.5 Å². The molecule has 0 unspecified atom stereocenters. The summed E-state index contributed by atoms with van der Waals surface area (Å²) in [6.07, 6.45) is 0.994. The zero-order valence-electron chi connectivity index (χ0n) is 12.4. The van der Waals surface area contributed by atoms with Crippen molar-refractivity contribution in [3.63, 3.8) is 0 Å². The lowest BCUT2D eigenvalue weighted by Gasteiger charge is -2.05. The maximum atomic E-state index is 11.8. The highest BCUT2D eigenvalue weighted by Crippen LogP contribution is 2.21. The fourth-order valence-corrected chi connectivity index (χ4v) is 1.89. The van der Waals surface area contributed by atoms with Gasteiger partial charge in [-0.15, -0.1) is 0 Å². The van der Waals surface area contributed by atoms with Gasteiger partial charge in [0.05, 0.1) is 6.61 Å². The molecule has 0 atom stereocenters. The molecular formula is C16H16O6. The number of carbonyl (C=O) groups excluding carboxylic acids is 2. The Morgan fingerprint density at radius 2 is 1.95 bits per heavy atom. The number of rotatable bonds is 5. The third-order valence-electron chi connectivity index (χ3n) is 2.89. The van der Waals surface area contributed by atoms with Crippen LogP contribution in [0.2, 0.25) is 0 Å². The Morgan fingerprint density at radius 3 is 2.64 bits per heavy atom. The van der Waals surface area contributed by atoms with Gasteiger partial charge in [0.15, 0.2) is 0 Å². The summed E-state index contributed by atoms with van der Waals surface area (Å²) in [6, 6.07) is 6.02. The zero-order valence-corrected chi connectivity index (χ0v) is 12.4. The Balaban J connectivity index is 2.35. The Kier molecular flexibility index (Phi) is 4.93. The van der Waals surface area contributed by atoms with Crippen molar-refractivity contribution in [1.29, 1.82) is 0 Å². The highest BCUT2D eigenvalue weighted by Gasteiger charge is 2.15. The third kappa shape index (κ3) is 3.52. The summed E-state index contributed by atoms with van der Waals surface area (Å²) < 4.78 is 15.0. The summed E-state index contributed by atoms with van der Waals surface area (Å²) in [5.74, 6) is -0.790. The first-order valence-corrected chi connectivity index (χ1v) is 7.00. The molecule has 0 N–H and O–H groups in total. The van der Waals surface area contributed by atoms with Crippen LogP contribution in [0.5, 0.6) is 5.75 Å². The monoisotopic (exact) mass is 304 g/mol. The zero-order chi connectivity index (χ0) is 16.1. The first-order chi connectivity index (χ1) is 10.5. The molecule has 0 amide bonds. The summed E-state index contributed by atoms with van der Waals surface area (Å²) in [7, 11) is 0. The number of hydrogen-bond donors (Lipinski definition) is 0. The van der Waals surface area contributed by atoms with E-state index in [1.54, 1.807) is 19.1 Å². The van der Waals surface area contributed by atoms with Crippen LogP contribution in [0.1, 0.15) is 37.0 Å². The van der Waals surface area contributed by atoms with Crippen LogP contribution in [0, 0.1) is 0 Å². The van der Waals surface area contributed by atoms with Crippen LogP contribution >= 0.6 is 0 Å².